The van der Waals surface area contributed by atoms with Gasteiger partial charge < -0.3 is 5.32 Å². The molecule has 0 spiro atoms. The van der Waals surface area contributed by atoms with Gasteiger partial charge in [-0.05, 0) is 36.8 Å². The number of rotatable bonds is 3. The molecule has 1 aliphatic rings. The van der Waals surface area contributed by atoms with E-state index >= 15 is 0 Å². The molecule has 0 aliphatic carbocycles. The third kappa shape index (κ3) is 2.45. The molecule has 1 fully saturated rings. The number of fused-ring (bicyclic) bond motifs is 1. The van der Waals surface area contributed by atoms with Gasteiger partial charge in [0.15, 0.2) is 0 Å². The van der Waals surface area contributed by atoms with Crippen molar-refractivity contribution in [3.63, 3.8) is 0 Å². The second-order valence-corrected chi connectivity index (χ2v) is 5.98. The summed E-state index contributed by atoms with van der Waals surface area (Å²) in [7, 11) is 0. The van der Waals surface area contributed by atoms with Gasteiger partial charge in [0.05, 0.1) is 0 Å². The van der Waals surface area contributed by atoms with Gasteiger partial charge in [0.25, 0.3) is 0 Å². The minimum atomic E-state index is 0.124. The van der Waals surface area contributed by atoms with Crippen LogP contribution in [0.25, 0.3) is 10.8 Å². The molecule has 2 nitrogen and oxygen atoms in total. The zero-order chi connectivity index (χ0) is 13.8. The highest BCUT2D eigenvalue weighted by molar-refractivity contribution is 5.85. The fourth-order valence-electron chi connectivity index (χ4n) is 3.65. The van der Waals surface area contributed by atoms with Gasteiger partial charge in [-0.25, -0.2) is 0 Å². The van der Waals surface area contributed by atoms with Crippen molar-refractivity contribution in [1.82, 2.24) is 10.3 Å². The van der Waals surface area contributed by atoms with E-state index in [9.17, 15) is 0 Å². The zero-order valence-corrected chi connectivity index (χ0v) is 12.4. The second kappa shape index (κ2) is 5.92. The van der Waals surface area contributed by atoms with Crippen molar-refractivity contribution in [3.8, 4) is 0 Å². The maximum absolute atomic E-state index is 4.51. The average Bonchev–Trinajstić information content (AvgIpc) is 2.73. The van der Waals surface area contributed by atoms with Gasteiger partial charge in [-0.1, -0.05) is 50.5 Å². The fraction of sp³-hybridized carbons (Fsp3) is 0.500. The van der Waals surface area contributed by atoms with Crippen molar-refractivity contribution >= 4 is 10.8 Å². The lowest BCUT2D eigenvalue weighted by atomic mass is 9.80. The molecule has 0 radical (unpaired) electrons. The highest BCUT2D eigenvalue weighted by atomic mass is 15.0. The van der Waals surface area contributed by atoms with Gasteiger partial charge in [0, 0.05) is 23.3 Å². The van der Waals surface area contributed by atoms with Crippen LogP contribution < -0.4 is 5.32 Å². The fourth-order valence-corrected chi connectivity index (χ4v) is 3.65. The molecule has 1 aromatic carbocycles. The largest absolute Gasteiger partial charge is 0.307 e. The predicted octanol–water partition coefficient (Wildman–Crippen LogP) is 4.39. The highest BCUT2D eigenvalue weighted by Gasteiger charge is 2.33. The summed E-state index contributed by atoms with van der Waals surface area (Å²) in [6.45, 7) is 3.41. The van der Waals surface area contributed by atoms with Crippen molar-refractivity contribution in [2.75, 3.05) is 6.54 Å². The molecular weight excluding hydrogens is 244 g/mol. The Hall–Kier alpha value is -1.41. The Bertz CT molecular complexity index is 563. The number of hydrogen-bond donors (Lipinski definition) is 1. The molecule has 1 atom stereocenters. The molecule has 1 saturated heterocycles. The number of nitrogens with one attached hydrogen (secondary N) is 1. The Labute approximate surface area is 121 Å². The SMILES string of the molecule is CCCC1(c2cncc3ccccc23)CCCCCN1. The standard InChI is InChI=1S/C18H24N2/c1-2-10-18(11-6-3-7-12-20-18)17-14-19-13-15-8-4-5-9-16(15)17/h4-5,8-9,13-14,20H,2-3,6-7,10-12H2,1H3. The number of hydrogen-bond acceptors (Lipinski definition) is 2. The van der Waals surface area contributed by atoms with Crippen LogP contribution in [0.5, 0.6) is 0 Å². The van der Waals surface area contributed by atoms with Gasteiger partial charge in [-0.3, -0.25) is 4.98 Å². The van der Waals surface area contributed by atoms with E-state index in [2.05, 4.69) is 47.7 Å². The Morgan fingerprint density at radius 1 is 1.15 bits per heavy atom. The monoisotopic (exact) mass is 268 g/mol. The Morgan fingerprint density at radius 2 is 2.05 bits per heavy atom. The van der Waals surface area contributed by atoms with Crippen LogP contribution in [0.1, 0.15) is 51.0 Å². The lowest BCUT2D eigenvalue weighted by Gasteiger charge is -2.35. The van der Waals surface area contributed by atoms with Gasteiger partial charge in [0.2, 0.25) is 0 Å². The molecule has 1 N–H and O–H groups in total. The van der Waals surface area contributed by atoms with Crippen LogP contribution in [0.4, 0.5) is 0 Å². The van der Waals surface area contributed by atoms with E-state index in [1.165, 1.54) is 54.9 Å². The summed E-state index contributed by atoms with van der Waals surface area (Å²) in [5, 5.41) is 6.49. The van der Waals surface area contributed by atoms with E-state index in [1.54, 1.807) is 0 Å². The summed E-state index contributed by atoms with van der Waals surface area (Å²) < 4.78 is 0. The smallest absolute Gasteiger partial charge is 0.0456 e. The van der Waals surface area contributed by atoms with Crippen LogP contribution in [-0.2, 0) is 5.54 Å². The van der Waals surface area contributed by atoms with Crippen molar-refractivity contribution in [3.05, 3.63) is 42.2 Å². The summed E-state index contributed by atoms with van der Waals surface area (Å²) in [5.41, 5.74) is 1.53. The minimum Gasteiger partial charge on any atom is -0.307 e. The number of pyridine rings is 1. The van der Waals surface area contributed by atoms with Crippen molar-refractivity contribution in [2.24, 2.45) is 0 Å². The van der Waals surface area contributed by atoms with Gasteiger partial charge in [-0.2, -0.15) is 0 Å². The summed E-state index contributed by atoms with van der Waals surface area (Å²) >= 11 is 0. The van der Waals surface area contributed by atoms with E-state index in [-0.39, 0.29) is 5.54 Å². The number of benzene rings is 1. The molecule has 1 unspecified atom stereocenters. The van der Waals surface area contributed by atoms with Crippen LogP contribution in [0.15, 0.2) is 36.7 Å². The summed E-state index contributed by atoms with van der Waals surface area (Å²) in [4.78, 5) is 4.51. The Balaban J connectivity index is 2.13. The number of nitrogens with zero attached hydrogens (tertiary/aromatic N) is 1. The zero-order valence-electron chi connectivity index (χ0n) is 12.4. The molecule has 2 aromatic rings. The summed E-state index contributed by atoms with van der Waals surface area (Å²) in [5.74, 6) is 0. The van der Waals surface area contributed by atoms with Crippen LogP contribution in [0.3, 0.4) is 0 Å². The Kier molecular flexibility index (Phi) is 4.02. The van der Waals surface area contributed by atoms with E-state index < -0.39 is 0 Å². The van der Waals surface area contributed by atoms with Gasteiger partial charge in [-0.15, -0.1) is 0 Å². The first kappa shape index (κ1) is 13.6. The second-order valence-electron chi connectivity index (χ2n) is 5.98. The molecule has 2 heterocycles. The predicted molar refractivity (Wildman–Crippen MR) is 84.8 cm³/mol. The molecule has 3 rings (SSSR count). The molecule has 20 heavy (non-hydrogen) atoms. The van der Waals surface area contributed by atoms with E-state index in [0.717, 1.165) is 6.54 Å². The third-order valence-corrected chi connectivity index (χ3v) is 4.60. The van der Waals surface area contributed by atoms with Crippen LogP contribution >= 0.6 is 0 Å². The quantitative estimate of drug-likeness (QED) is 0.892. The normalized spacial score (nSPS) is 23.6. The van der Waals surface area contributed by atoms with Crippen LogP contribution in [0.2, 0.25) is 0 Å². The third-order valence-electron chi connectivity index (χ3n) is 4.60. The maximum Gasteiger partial charge on any atom is 0.0456 e. The number of aromatic nitrogens is 1. The summed E-state index contributed by atoms with van der Waals surface area (Å²) in [6, 6.07) is 8.65. The first-order valence-corrected chi connectivity index (χ1v) is 7.94. The van der Waals surface area contributed by atoms with Gasteiger partial charge >= 0.3 is 0 Å². The lowest BCUT2D eigenvalue weighted by molar-refractivity contribution is 0.299. The topological polar surface area (TPSA) is 24.9 Å². The molecule has 0 bridgehead atoms. The van der Waals surface area contributed by atoms with Crippen LogP contribution in [-0.4, -0.2) is 11.5 Å². The molecule has 1 aliphatic heterocycles. The first-order chi connectivity index (χ1) is 9.86. The molecule has 2 heteroatoms. The highest BCUT2D eigenvalue weighted by Crippen LogP contribution is 2.37. The maximum atomic E-state index is 4.51. The van der Waals surface area contributed by atoms with Crippen LogP contribution in [0, 0.1) is 0 Å². The minimum absolute atomic E-state index is 0.124. The van der Waals surface area contributed by atoms with E-state index in [1.807, 2.05) is 6.20 Å². The molecule has 0 saturated carbocycles. The summed E-state index contributed by atoms with van der Waals surface area (Å²) in [6.07, 6.45) is 11.7. The molecule has 106 valence electrons. The van der Waals surface area contributed by atoms with E-state index in [4.69, 9.17) is 0 Å². The van der Waals surface area contributed by atoms with Crippen molar-refractivity contribution < 1.29 is 0 Å². The Morgan fingerprint density at radius 3 is 2.95 bits per heavy atom. The molecule has 0 amide bonds. The first-order valence-electron chi connectivity index (χ1n) is 7.94. The van der Waals surface area contributed by atoms with E-state index in [0.29, 0.717) is 0 Å². The molecule has 1 aromatic heterocycles. The van der Waals surface area contributed by atoms with Crippen molar-refractivity contribution in [2.45, 2.75) is 51.0 Å². The van der Waals surface area contributed by atoms with Crippen molar-refractivity contribution in [1.29, 1.82) is 0 Å². The lowest BCUT2D eigenvalue weighted by Crippen LogP contribution is -2.42. The molecular formula is C18H24N2. The van der Waals surface area contributed by atoms with Gasteiger partial charge in [0.1, 0.15) is 0 Å². The average molecular weight is 268 g/mol.